The zero-order chi connectivity index (χ0) is 56.7. The molecule has 8 bridgehead atoms. The molecule has 0 saturated carbocycles. The molecule has 7 amide bonds. The molecule has 7 aliphatic rings. The molecule has 5 aliphatic heterocycles. The number of guanidine groups is 1. The molecule has 1 fully saturated rings. The van der Waals surface area contributed by atoms with Gasteiger partial charge in [0, 0.05) is 42.1 Å². The number of hydrogen-bond donors (Lipinski definition) is 17. The SMILES string of the molecule is C[C@@H](O)[C@@H]1NC(=O)[C@H]2NC(=O)[C@H](CC(N)=O)NC(=O)[C@@H]([NH3+])CC3=CNC4C3=CC=C[C@H]4O[C@@H]2C2=C3C=C[C@H](C=C3[NH+]=C2)C(CCC[NH3+])[C@@H](C(=O)N[C@@H](CCC[NH+]=C(N)N)C(=O)N[C@@H](Cc2c[nH]c3ccccc23)C(=O)O)NC1=O. The standard InChI is InChI=1S/C53H67N15O11/c1-24(69)41-49(74)67-43(50(75)63-35(11-6-16-59-53(57)58)47(72)65-38(52(77)78)19-27-21-60-34-10-3-2-7-28(27)34)29(9-5-15-54)25-13-14-31-32(23-61-36(31)18-25)45-44(51(76)66-41)68-48(73)37(20-40(56)70)64-46(71)33(55)17-26-22-62-42-30(26)8-4-12-39(42)79-45/h2-4,7-8,10,12-14,18,21-25,29,33,35,37-39,41-45,60,62,69H,5-6,9,11,15-17,19-20,54-55H2,1H3,(H2,56,70)(H,63,75)(H,64,71)(H,65,72)(H,66,76)(H,67,74)(H,68,73)(H,77,78)(H4,57,58,59)/p+4/t24-,25-,29?,33+,35+,37+,38+,39-,41+,42?,43+,44+,45-/m1/s1. The second-order valence-corrected chi connectivity index (χ2v) is 20.6. The fraction of sp³-hybridized carbons (Fsp3) is 0.434. The minimum absolute atomic E-state index is 0.0586. The highest BCUT2D eigenvalue weighted by atomic mass is 16.5. The van der Waals surface area contributed by atoms with Gasteiger partial charge in [-0.2, -0.15) is 0 Å². The van der Waals surface area contributed by atoms with Crippen molar-refractivity contribution in [1.82, 2.24) is 42.2 Å². The highest BCUT2D eigenvalue weighted by Crippen LogP contribution is 2.36. The lowest BCUT2D eigenvalue weighted by Gasteiger charge is -2.37. The molecule has 26 heteroatoms. The highest BCUT2D eigenvalue weighted by molar-refractivity contribution is 6.00. The van der Waals surface area contributed by atoms with Crippen LogP contribution in [0.5, 0.6) is 0 Å². The number of benzene rings is 1. The van der Waals surface area contributed by atoms with Gasteiger partial charge in [0.15, 0.2) is 12.3 Å². The number of aliphatic carboxylic acids is 1. The van der Waals surface area contributed by atoms with Crippen LogP contribution in [0.15, 0.2) is 101 Å². The number of amides is 7. The zero-order valence-electron chi connectivity index (χ0n) is 43.6. The fourth-order valence-electron chi connectivity index (χ4n) is 10.8. The molecule has 1 aromatic heterocycles. The van der Waals surface area contributed by atoms with Crippen LogP contribution >= 0.6 is 0 Å². The van der Waals surface area contributed by atoms with E-state index in [9.17, 15) is 39.0 Å². The molecular formula is C53H71N15O11+4. The third-order valence-electron chi connectivity index (χ3n) is 14.9. The summed E-state index contributed by atoms with van der Waals surface area (Å²) in [5, 5.41) is 41.9. The van der Waals surface area contributed by atoms with Crippen LogP contribution in [0.4, 0.5) is 0 Å². The van der Waals surface area contributed by atoms with Gasteiger partial charge in [-0.3, -0.25) is 50.0 Å². The van der Waals surface area contributed by atoms with E-state index in [0.29, 0.717) is 35.4 Å². The molecule has 13 atom stereocenters. The van der Waals surface area contributed by atoms with Crippen LogP contribution in [0.25, 0.3) is 10.9 Å². The normalized spacial score (nSPS) is 27.7. The second-order valence-electron chi connectivity index (χ2n) is 20.6. The summed E-state index contributed by atoms with van der Waals surface area (Å²) in [6.07, 6.45) is 12.3. The molecule has 9 rings (SSSR count). The number of carbonyl (C=O) groups excluding carboxylic acids is 7. The zero-order valence-corrected chi connectivity index (χ0v) is 43.6. The molecule has 6 heterocycles. The molecule has 79 heavy (non-hydrogen) atoms. The van der Waals surface area contributed by atoms with Gasteiger partial charge in [0.2, 0.25) is 41.1 Å². The summed E-state index contributed by atoms with van der Waals surface area (Å²) in [5.74, 6) is -9.21. The van der Waals surface area contributed by atoms with E-state index >= 15 is 9.59 Å². The number of carboxylic acid groups (broad SMARTS) is 1. The van der Waals surface area contributed by atoms with Gasteiger partial charge >= 0.3 is 11.9 Å². The summed E-state index contributed by atoms with van der Waals surface area (Å²) in [4.78, 5) is 122. The number of aromatic amines is 1. The Labute approximate surface area is 453 Å². The van der Waals surface area contributed by atoms with Crippen molar-refractivity contribution in [3.05, 3.63) is 107 Å². The summed E-state index contributed by atoms with van der Waals surface area (Å²) in [7, 11) is 0. The fourth-order valence-corrected chi connectivity index (χ4v) is 10.8. The van der Waals surface area contributed by atoms with Gasteiger partial charge in [-0.15, -0.1) is 0 Å². The highest BCUT2D eigenvalue weighted by Gasteiger charge is 2.47. The van der Waals surface area contributed by atoms with Crippen molar-refractivity contribution in [1.29, 1.82) is 0 Å². The number of allylic oxidation sites excluding steroid dienone is 5. The number of aliphatic hydroxyl groups is 1. The van der Waals surface area contributed by atoms with E-state index in [1.807, 2.05) is 36.4 Å². The maximum absolute atomic E-state index is 15.2. The predicted octanol–water partition coefficient (Wildman–Crippen LogP) is -8.60. The number of carboxylic acids is 1. The summed E-state index contributed by atoms with van der Waals surface area (Å²) >= 11 is 0. The van der Waals surface area contributed by atoms with Crippen molar-refractivity contribution in [2.45, 2.75) is 119 Å². The summed E-state index contributed by atoms with van der Waals surface area (Å²) in [6, 6.07) is -3.70. The number of nitrogens with two attached hydrogens (primary N) is 3. The first-order chi connectivity index (χ1) is 37.8. The van der Waals surface area contributed by atoms with Crippen LogP contribution in [-0.4, -0.2) is 154 Å². The predicted molar refractivity (Wildman–Crippen MR) is 283 cm³/mol. The molecular weight excluding hydrogens is 1020 g/mol. The molecule has 1 aromatic carbocycles. The number of primary amides is 1. The Morgan fingerprint density at radius 2 is 1.73 bits per heavy atom. The van der Waals surface area contributed by atoms with Crippen LogP contribution in [0, 0.1) is 11.8 Å². The number of quaternary nitrogens is 2. The van der Waals surface area contributed by atoms with Crippen LogP contribution < -0.4 is 75.9 Å². The second kappa shape index (κ2) is 24.9. The number of nitrogens with one attached hydrogen (secondary N) is 10. The molecule has 0 radical (unpaired) electrons. The lowest BCUT2D eigenvalue weighted by atomic mass is 9.78. The number of hydrogen-bond acceptors (Lipinski definition) is 11. The number of rotatable bonds is 17. The molecule has 420 valence electrons. The number of aliphatic hydroxyl groups excluding tert-OH is 1. The average Bonchev–Trinajstić information content (AvgIpc) is 4.32. The molecule has 2 unspecified atom stereocenters. The molecule has 1 saturated heterocycles. The van der Waals surface area contributed by atoms with Gasteiger partial charge in [0.1, 0.15) is 48.5 Å². The first-order valence-electron chi connectivity index (χ1n) is 26.4. The first-order valence-corrected chi connectivity index (χ1v) is 26.4. The number of aromatic nitrogens is 1. The van der Waals surface area contributed by atoms with Gasteiger partial charge in [0.25, 0.3) is 5.91 Å². The smallest absolute Gasteiger partial charge is 0.338 e. The molecule has 24 N–H and O–H groups in total. The van der Waals surface area contributed by atoms with Gasteiger partial charge in [0.05, 0.1) is 42.8 Å². The summed E-state index contributed by atoms with van der Waals surface area (Å²) in [6.45, 7) is 1.83. The van der Waals surface area contributed by atoms with Crippen molar-refractivity contribution in [3.63, 3.8) is 0 Å². The topological polar surface area (TPSA) is 448 Å². The third-order valence-corrected chi connectivity index (χ3v) is 14.9. The minimum atomic E-state index is -1.82. The number of fused-ring (bicyclic) bond motifs is 7. The van der Waals surface area contributed by atoms with Crippen molar-refractivity contribution in [3.8, 4) is 0 Å². The minimum Gasteiger partial charge on any atom is -0.480 e. The Hall–Kier alpha value is -8.46. The summed E-state index contributed by atoms with van der Waals surface area (Å²) < 4.78 is 6.96. The monoisotopic (exact) mass is 1090 g/mol. The number of para-hydroxylation sites is 1. The average molecular weight is 1090 g/mol. The van der Waals surface area contributed by atoms with E-state index < -0.39 is 132 Å². The van der Waals surface area contributed by atoms with Crippen molar-refractivity contribution >= 4 is 70.4 Å². The Bertz CT molecular complexity index is 3010. The molecule has 2 aliphatic carbocycles. The van der Waals surface area contributed by atoms with Gasteiger partial charge in [-0.05, 0) is 67.4 Å². The summed E-state index contributed by atoms with van der Waals surface area (Å²) in [5.41, 5.74) is 29.3. The van der Waals surface area contributed by atoms with E-state index in [2.05, 4.69) is 63.7 Å². The molecule has 0 spiro atoms. The van der Waals surface area contributed by atoms with Crippen LogP contribution in [0.2, 0.25) is 0 Å². The van der Waals surface area contributed by atoms with Crippen LogP contribution in [0.1, 0.15) is 51.0 Å². The van der Waals surface area contributed by atoms with E-state index in [1.165, 1.54) is 6.92 Å². The van der Waals surface area contributed by atoms with Gasteiger partial charge < -0.3 is 74.4 Å². The van der Waals surface area contributed by atoms with E-state index in [4.69, 9.17) is 21.9 Å². The van der Waals surface area contributed by atoms with E-state index in [1.54, 1.807) is 42.9 Å². The molecule has 2 aromatic rings. The lowest BCUT2D eigenvalue weighted by molar-refractivity contribution is -0.459. The lowest BCUT2D eigenvalue weighted by Crippen LogP contribution is -2.78. The maximum atomic E-state index is 15.2. The maximum Gasteiger partial charge on any atom is 0.338 e. The van der Waals surface area contributed by atoms with Gasteiger partial charge in [-0.25, -0.2) is 9.79 Å². The largest absolute Gasteiger partial charge is 0.480 e. The van der Waals surface area contributed by atoms with Crippen LogP contribution in [-0.2, 0) is 49.5 Å². The van der Waals surface area contributed by atoms with Gasteiger partial charge in [-0.1, -0.05) is 48.6 Å². The van der Waals surface area contributed by atoms with Crippen molar-refractivity contribution in [2.75, 3.05) is 13.1 Å². The Morgan fingerprint density at radius 3 is 2.47 bits per heavy atom. The number of carbonyl (C=O) groups is 8. The van der Waals surface area contributed by atoms with Crippen molar-refractivity contribution < 1.29 is 74.8 Å². The Morgan fingerprint density at radius 1 is 0.949 bits per heavy atom. The van der Waals surface area contributed by atoms with E-state index in [0.717, 1.165) is 22.0 Å². The quantitative estimate of drug-likeness (QED) is 0.0398. The number of ether oxygens (including phenoxy) is 1. The Kier molecular flexibility index (Phi) is 17.9. The van der Waals surface area contributed by atoms with Crippen molar-refractivity contribution in [2.24, 2.45) is 29.0 Å². The first kappa shape index (κ1) is 56.7. The third kappa shape index (κ3) is 13.1. The number of H-pyrrole nitrogens is 1. The molecule has 26 nitrogen and oxygen atoms in total. The van der Waals surface area contributed by atoms with Crippen LogP contribution in [0.3, 0.4) is 0 Å². The van der Waals surface area contributed by atoms with E-state index in [-0.39, 0.29) is 44.6 Å². The Balaban J connectivity index is 1.18.